The minimum atomic E-state index is 0.493. The summed E-state index contributed by atoms with van der Waals surface area (Å²) < 4.78 is 5.26. The first kappa shape index (κ1) is 9.32. The summed E-state index contributed by atoms with van der Waals surface area (Å²) >= 11 is 0. The molecule has 68 valence electrons. The lowest BCUT2D eigenvalue weighted by molar-refractivity contribution is 0.322. The van der Waals surface area contributed by atoms with Crippen LogP contribution < -0.4 is 4.74 Å². The van der Waals surface area contributed by atoms with E-state index in [1.54, 1.807) is 30.3 Å². The zero-order valence-corrected chi connectivity index (χ0v) is 7.18. The van der Waals surface area contributed by atoms with E-state index in [1.807, 2.05) is 0 Å². The summed E-state index contributed by atoms with van der Waals surface area (Å²) in [6.07, 6.45) is 3.04. The molecule has 0 amide bonds. The van der Waals surface area contributed by atoms with Gasteiger partial charge in [-0.15, -0.1) is 0 Å². The van der Waals surface area contributed by atoms with Crippen molar-refractivity contribution in [1.29, 1.82) is 0 Å². The molecule has 1 rings (SSSR count). The Balaban J connectivity index is 2.63. The highest BCUT2D eigenvalue weighted by Gasteiger charge is 1.91. The summed E-state index contributed by atoms with van der Waals surface area (Å²) in [5, 5.41) is 11.2. The largest absolute Gasteiger partial charge is 0.490 e. The highest BCUT2D eigenvalue weighted by Crippen LogP contribution is 2.10. The number of oxime groups is 1. The first-order valence-corrected chi connectivity index (χ1v) is 3.88. The van der Waals surface area contributed by atoms with Crippen LogP contribution in [0.5, 0.6) is 5.75 Å². The molecule has 0 aliphatic carbocycles. The molecular weight excluding hydrogens is 166 g/mol. The van der Waals surface area contributed by atoms with Crippen LogP contribution in [0.4, 0.5) is 0 Å². The minimum Gasteiger partial charge on any atom is -0.490 e. The fraction of sp³-hybridized carbons (Fsp3) is 0.100. The van der Waals surface area contributed by atoms with Gasteiger partial charge in [0.2, 0.25) is 0 Å². The molecule has 0 bridgehead atoms. The van der Waals surface area contributed by atoms with E-state index in [4.69, 9.17) is 9.94 Å². The second-order valence-corrected chi connectivity index (χ2v) is 2.41. The van der Waals surface area contributed by atoms with Crippen molar-refractivity contribution in [3.63, 3.8) is 0 Å². The third-order valence-corrected chi connectivity index (χ3v) is 1.45. The summed E-state index contributed by atoms with van der Waals surface area (Å²) in [6, 6.07) is 7.22. The minimum absolute atomic E-state index is 0.493. The van der Waals surface area contributed by atoms with Gasteiger partial charge in [0, 0.05) is 0 Å². The topological polar surface area (TPSA) is 41.8 Å². The van der Waals surface area contributed by atoms with Gasteiger partial charge in [-0.2, -0.15) is 0 Å². The van der Waals surface area contributed by atoms with Crippen LogP contribution in [0.15, 0.2) is 42.1 Å². The van der Waals surface area contributed by atoms with Crippen molar-refractivity contribution >= 4 is 6.21 Å². The molecular formula is C10H11NO2. The van der Waals surface area contributed by atoms with Gasteiger partial charge in [0.1, 0.15) is 12.4 Å². The number of hydrogen-bond donors (Lipinski definition) is 1. The average molecular weight is 177 g/mol. The molecule has 0 atom stereocenters. The van der Waals surface area contributed by atoms with E-state index in [1.165, 1.54) is 6.21 Å². The average Bonchev–Trinajstić information content (AvgIpc) is 2.17. The fourth-order valence-electron chi connectivity index (χ4n) is 0.872. The van der Waals surface area contributed by atoms with Crippen molar-refractivity contribution in [3.05, 3.63) is 42.5 Å². The standard InChI is InChI=1S/C10H11NO2/c1-2-7-13-10-5-3-9(4-6-10)8-11-12/h2-6,8,12H,1,7H2/b11-8+. The highest BCUT2D eigenvalue weighted by atomic mass is 16.5. The quantitative estimate of drug-likeness (QED) is 0.331. The Morgan fingerprint density at radius 1 is 1.38 bits per heavy atom. The molecule has 3 nitrogen and oxygen atoms in total. The van der Waals surface area contributed by atoms with Crippen molar-refractivity contribution in [2.45, 2.75) is 0 Å². The molecule has 1 N–H and O–H groups in total. The Bertz CT molecular complexity index is 290. The van der Waals surface area contributed by atoms with Crippen LogP contribution in [0.2, 0.25) is 0 Å². The molecule has 1 aromatic rings. The molecule has 0 aromatic heterocycles. The van der Waals surface area contributed by atoms with Gasteiger partial charge in [-0.3, -0.25) is 0 Å². The summed E-state index contributed by atoms with van der Waals surface area (Å²) in [5.74, 6) is 0.773. The number of ether oxygens (including phenoxy) is 1. The predicted molar refractivity (Wildman–Crippen MR) is 51.5 cm³/mol. The van der Waals surface area contributed by atoms with E-state index < -0.39 is 0 Å². The Kier molecular flexibility index (Phi) is 3.57. The monoisotopic (exact) mass is 177 g/mol. The molecule has 0 spiro atoms. The van der Waals surface area contributed by atoms with Crippen LogP contribution in [-0.2, 0) is 0 Å². The van der Waals surface area contributed by atoms with E-state index in [2.05, 4.69) is 11.7 Å². The summed E-state index contributed by atoms with van der Waals surface area (Å²) in [6.45, 7) is 4.04. The molecule has 0 aliphatic rings. The molecule has 0 heterocycles. The van der Waals surface area contributed by atoms with Crippen molar-refractivity contribution in [1.82, 2.24) is 0 Å². The van der Waals surface area contributed by atoms with E-state index in [0.29, 0.717) is 6.61 Å². The van der Waals surface area contributed by atoms with Gasteiger partial charge in [0.05, 0.1) is 6.21 Å². The van der Waals surface area contributed by atoms with Gasteiger partial charge in [0.15, 0.2) is 0 Å². The molecule has 1 aromatic carbocycles. The third kappa shape index (κ3) is 2.99. The third-order valence-electron chi connectivity index (χ3n) is 1.45. The lowest BCUT2D eigenvalue weighted by Gasteiger charge is -2.01. The molecule has 0 unspecified atom stereocenters. The van der Waals surface area contributed by atoms with Crippen molar-refractivity contribution < 1.29 is 9.94 Å². The molecule has 0 radical (unpaired) electrons. The van der Waals surface area contributed by atoms with Gasteiger partial charge in [-0.25, -0.2) is 0 Å². The number of hydrogen-bond acceptors (Lipinski definition) is 3. The number of benzene rings is 1. The van der Waals surface area contributed by atoms with Crippen LogP contribution in [0.25, 0.3) is 0 Å². The highest BCUT2D eigenvalue weighted by molar-refractivity contribution is 5.79. The van der Waals surface area contributed by atoms with Gasteiger partial charge >= 0.3 is 0 Å². The van der Waals surface area contributed by atoms with Gasteiger partial charge < -0.3 is 9.94 Å². The van der Waals surface area contributed by atoms with Crippen LogP contribution in [0, 0.1) is 0 Å². The molecule has 0 saturated carbocycles. The van der Waals surface area contributed by atoms with Crippen LogP contribution in [0.1, 0.15) is 5.56 Å². The molecule has 0 saturated heterocycles. The van der Waals surface area contributed by atoms with Crippen LogP contribution >= 0.6 is 0 Å². The van der Waals surface area contributed by atoms with E-state index in [-0.39, 0.29) is 0 Å². The van der Waals surface area contributed by atoms with E-state index in [9.17, 15) is 0 Å². The molecule has 0 fully saturated rings. The Labute approximate surface area is 77.0 Å². The number of nitrogens with zero attached hydrogens (tertiary/aromatic N) is 1. The van der Waals surface area contributed by atoms with E-state index >= 15 is 0 Å². The Morgan fingerprint density at radius 2 is 2.08 bits per heavy atom. The fourth-order valence-corrected chi connectivity index (χ4v) is 0.872. The Hall–Kier alpha value is -1.77. The van der Waals surface area contributed by atoms with Crippen LogP contribution in [-0.4, -0.2) is 18.0 Å². The number of rotatable bonds is 4. The molecule has 13 heavy (non-hydrogen) atoms. The predicted octanol–water partition coefficient (Wildman–Crippen LogP) is 2.06. The van der Waals surface area contributed by atoms with Crippen molar-refractivity contribution in [3.8, 4) is 5.75 Å². The van der Waals surface area contributed by atoms with Gasteiger partial charge in [-0.05, 0) is 29.8 Å². The maximum Gasteiger partial charge on any atom is 0.119 e. The van der Waals surface area contributed by atoms with E-state index in [0.717, 1.165) is 11.3 Å². The normalized spacial score (nSPS) is 10.2. The van der Waals surface area contributed by atoms with Gasteiger partial charge in [0.25, 0.3) is 0 Å². The Morgan fingerprint density at radius 3 is 2.62 bits per heavy atom. The zero-order chi connectivity index (χ0) is 9.52. The smallest absolute Gasteiger partial charge is 0.119 e. The second kappa shape index (κ2) is 4.98. The molecule has 3 heteroatoms. The summed E-state index contributed by atoms with van der Waals surface area (Å²) in [7, 11) is 0. The second-order valence-electron chi connectivity index (χ2n) is 2.41. The van der Waals surface area contributed by atoms with Crippen molar-refractivity contribution in [2.75, 3.05) is 6.61 Å². The molecule has 0 aliphatic heterocycles. The van der Waals surface area contributed by atoms with Gasteiger partial charge in [-0.1, -0.05) is 17.8 Å². The summed E-state index contributed by atoms with van der Waals surface area (Å²) in [5.41, 5.74) is 0.827. The first-order valence-electron chi connectivity index (χ1n) is 3.88. The first-order chi connectivity index (χ1) is 6.36. The lowest BCUT2D eigenvalue weighted by atomic mass is 10.2. The maximum absolute atomic E-state index is 8.26. The lowest BCUT2D eigenvalue weighted by Crippen LogP contribution is -1.92. The maximum atomic E-state index is 8.26. The zero-order valence-electron chi connectivity index (χ0n) is 7.18. The summed E-state index contributed by atoms with van der Waals surface area (Å²) in [4.78, 5) is 0. The van der Waals surface area contributed by atoms with Crippen molar-refractivity contribution in [2.24, 2.45) is 5.16 Å². The SMILES string of the molecule is C=CCOc1ccc(/C=N/O)cc1. The van der Waals surface area contributed by atoms with Crippen LogP contribution in [0.3, 0.4) is 0 Å².